The summed E-state index contributed by atoms with van der Waals surface area (Å²) in [4.78, 5) is 5.72. The van der Waals surface area contributed by atoms with Crippen LogP contribution in [0.15, 0.2) is 25.7 Å². The molecule has 0 bridgehead atoms. The Hall–Kier alpha value is -2.03. The van der Waals surface area contributed by atoms with E-state index in [9.17, 15) is 0 Å². The molecule has 0 N–H and O–H groups in total. The summed E-state index contributed by atoms with van der Waals surface area (Å²) in [5.74, 6) is 2.02. The van der Waals surface area contributed by atoms with E-state index >= 15 is 0 Å². The van der Waals surface area contributed by atoms with Crippen molar-refractivity contribution in [1.29, 1.82) is 0 Å². The number of nitrogens with zero attached hydrogens (tertiary/aromatic N) is 6. The Morgan fingerprint density at radius 1 is 1.29 bits per heavy atom. The summed E-state index contributed by atoms with van der Waals surface area (Å²) >= 11 is 3.23. The number of furan rings is 1. The molecule has 3 heterocycles. The fourth-order valence-electron chi connectivity index (χ4n) is 1.59. The highest BCUT2D eigenvalue weighted by Crippen LogP contribution is 2.22. The number of hydrogen-bond acceptors (Lipinski definition) is 7. The van der Waals surface area contributed by atoms with Crippen molar-refractivity contribution in [3.8, 4) is 11.6 Å². The van der Waals surface area contributed by atoms with Crippen molar-refractivity contribution in [2.24, 2.45) is 0 Å². The molecule has 0 atom stereocenters. The minimum atomic E-state index is -0.188. The predicted octanol–water partition coefficient (Wildman–Crippen LogP) is 2.42. The first kappa shape index (κ1) is 13.9. The maximum atomic E-state index is 5.37. The number of rotatable bonds is 3. The molecule has 0 saturated carbocycles. The van der Waals surface area contributed by atoms with Crippen LogP contribution in [0, 0.1) is 0 Å². The van der Waals surface area contributed by atoms with E-state index < -0.39 is 0 Å². The van der Waals surface area contributed by atoms with Gasteiger partial charge < -0.3 is 8.94 Å². The highest BCUT2D eigenvalue weighted by molar-refractivity contribution is 9.10. The topological polar surface area (TPSA) is 95.7 Å². The van der Waals surface area contributed by atoms with Gasteiger partial charge in [0.05, 0.1) is 0 Å². The van der Waals surface area contributed by atoms with Crippen LogP contribution in [0.5, 0.6) is 0 Å². The van der Waals surface area contributed by atoms with Gasteiger partial charge in [0, 0.05) is 5.41 Å². The number of hydrogen-bond donors (Lipinski definition) is 0. The van der Waals surface area contributed by atoms with Gasteiger partial charge in [-0.3, -0.25) is 0 Å². The lowest BCUT2D eigenvalue weighted by atomic mass is 9.97. The van der Waals surface area contributed by atoms with E-state index in [1.807, 2.05) is 20.8 Å². The summed E-state index contributed by atoms with van der Waals surface area (Å²) < 4.78 is 11.2. The van der Waals surface area contributed by atoms with Crippen molar-refractivity contribution in [2.45, 2.75) is 32.7 Å². The van der Waals surface area contributed by atoms with Crippen LogP contribution in [0.3, 0.4) is 0 Å². The molecule has 9 heteroatoms. The van der Waals surface area contributed by atoms with Crippen LogP contribution in [0.1, 0.15) is 32.5 Å². The summed E-state index contributed by atoms with van der Waals surface area (Å²) in [6.07, 6.45) is 0. The number of tetrazole rings is 1. The largest absolute Gasteiger partial charge is 0.446 e. The molecule has 0 fully saturated rings. The smallest absolute Gasteiger partial charge is 0.240 e. The first-order chi connectivity index (χ1) is 9.91. The van der Waals surface area contributed by atoms with E-state index in [2.05, 4.69) is 41.5 Å². The summed E-state index contributed by atoms with van der Waals surface area (Å²) in [5.41, 5.74) is -0.188. The quantitative estimate of drug-likeness (QED) is 0.713. The second-order valence-corrected chi connectivity index (χ2v) is 6.29. The normalized spacial score (nSPS) is 12.0. The lowest BCUT2D eigenvalue weighted by Crippen LogP contribution is -2.12. The van der Waals surface area contributed by atoms with Crippen LogP contribution in [0.25, 0.3) is 11.6 Å². The van der Waals surface area contributed by atoms with Crippen LogP contribution in [0.2, 0.25) is 0 Å². The Kier molecular flexibility index (Phi) is 3.36. The van der Waals surface area contributed by atoms with Gasteiger partial charge in [-0.05, 0) is 33.3 Å². The van der Waals surface area contributed by atoms with Crippen LogP contribution in [-0.4, -0.2) is 30.3 Å². The Morgan fingerprint density at radius 3 is 2.71 bits per heavy atom. The van der Waals surface area contributed by atoms with E-state index in [-0.39, 0.29) is 12.0 Å². The molecule has 0 aliphatic rings. The van der Waals surface area contributed by atoms with Gasteiger partial charge in [0.1, 0.15) is 6.54 Å². The number of aromatic nitrogens is 6. The molecule has 0 aliphatic carbocycles. The molecule has 110 valence electrons. The van der Waals surface area contributed by atoms with Gasteiger partial charge in [0.15, 0.2) is 16.3 Å². The molecule has 3 rings (SSSR count). The van der Waals surface area contributed by atoms with E-state index in [1.54, 1.807) is 12.1 Å². The van der Waals surface area contributed by atoms with Crippen LogP contribution in [-0.2, 0) is 12.0 Å². The highest BCUT2D eigenvalue weighted by atomic mass is 79.9. The van der Waals surface area contributed by atoms with Gasteiger partial charge in [-0.15, -0.1) is 10.2 Å². The predicted molar refractivity (Wildman–Crippen MR) is 75.3 cm³/mol. The lowest BCUT2D eigenvalue weighted by Gasteiger charge is -2.10. The van der Waals surface area contributed by atoms with Crippen molar-refractivity contribution in [3.63, 3.8) is 0 Å². The van der Waals surface area contributed by atoms with Gasteiger partial charge in [0.2, 0.25) is 11.7 Å². The van der Waals surface area contributed by atoms with E-state index in [1.165, 1.54) is 4.80 Å². The van der Waals surface area contributed by atoms with Crippen molar-refractivity contribution in [2.75, 3.05) is 0 Å². The molecule has 8 nitrogen and oxygen atoms in total. The van der Waals surface area contributed by atoms with Crippen molar-refractivity contribution >= 4 is 15.9 Å². The molecule has 0 saturated heterocycles. The molecule has 0 unspecified atom stereocenters. The average molecular weight is 353 g/mol. The monoisotopic (exact) mass is 352 g/mol. The first-order valence-corrected chi connectivity index (χ1v) is 7.08. The lowest BCUT2D eigenvalue weighted by molar-refractivity contribution is 0.317. The van der Waals surface area contributed by atoms with Crippen LogP contribution in [0.4, 0.5) is 0 Å². The molecule has 3 aromatic rings. The Balaban J connectivity index is 1.77. The molecule has 21 heavy (non-hydrogen) atoms. The zero-order valence-electron chi connectivity index (χ0n) is 11.7. The molecule has 0 amide bonds. The van der Waals surface area contributed by atoms with Gasteiger partial charge >= 0.3 is 0 Å². The van der Waals surface area contributed by atoms with Crippen LogP contribution < -0.4 is 0 Å². The van der Waals surface area contributed by atoms with Crippen molar-refractivity contribution in [1.82, 2.24) is 30.3 Å². The minimum absolute atomic E-state index is 0.188. The third-order valence-electron chi connectivity index (χ3n) is 2.64. The average Bonchev–Trinajstić information content (AvgIpc) is 3.08. The fraction of sp³-hybridized carbons (Fsp3) is 0.417. The van der Waals surface area contributed by atoms with Gasteiger partial charge in [-0.25, -0.2) is 0 Å². The summed E-state index contributed by atoms with van der Waals surface area (Å²) in [7, 11) is 0. The molecule has 0 spiro atoms. The first-order valence-electron chi connectivity index (χ1n) is 6.28. The van der Waals surface area contributed by atoms with E-state index in [0.29, 0.717) is 28.0 Å². The van der Waals surface area contributed by atoms with Gasteiger partial charge in [0.25, 0.3) is 0 Å². The van der Waals surface area contributed by atoms with Crippen molar-refractivity contribution in [3.05, 3.63) is 28.5 Å². The molecule has 3 aromatic heterocycles. The van der Waals surface area contributed by atoms with Gasteiger partial charge in [-0.2, -0.15) is 9.78 Å². The Bertz CT molecular complexity index is 754. The van der Waals surface area contributed by atoms with E-state index in [0.717, 1.165) is 0 Å². The van der Waals surface area contributed by atoms with Crippen LogP contribution >= 0.6 is 15.9 Å². The summed E-state index contributed by atoms with van der Waals surface area (Å²) in [6, 6.07) is 3.53. The van der Waals surface area contributed by atoms with E-state index in [4.69, 9.17) is 8.94 Å². The number of halogens is 1. The maximum absolute atomic E-state index is 5.37. The molecule has 0 aromatic carbocycles. The third-order valence-corrected chi connectivity index (χ3v) is 3.07. The minimum Gasteiger partial charge on any atom is -0.446 e. The Labute approximate surface area is 128 Å². The van der Waals surface area contributed by atoms with Crippen molar-refractivity contribution < 1.29 is 8.94 Å². The Morgan fingerprint density at radius 2 is 2.10 bits per heavy atom. The second kappa shape index (κ2) is 5.06. The molecule has 0 aliphatic heterocycles. The summed E-state index contributed by atoms with van der Waals surface area (Å²) in [6.45, 7) is 6.30. The SMILES string of the molecule is CC(C)(C)c1nc(Cn2nnc(-c3ccc(Br)o3)n2)no1. The molecular weight excluding hydrogens is 340 g/mol. The zero-order chi connectivity index (χ0) is 15.0. The standard InChI is InChI=1S/C12H13BrN6O2/c1-12(2,3)11-14-9(17-21-11)6-19-16-10(15-18-19)7-4-5-8(13)20-7/h4-5H,6H2,1-3H3. The van der Waals surface area contributed by atoms with Gasteiger partial charge in [-0.1, -0.05) is 25.9 Å². The third kappa shape index (κ3) is 3.02. The highest BCUT2D eigenvalue weighted by Gasteiger charge is 2.22. The second-order valence-electron chi connectivity index (χ2n) is 5.51. The fourth-order valence-corrected chi connectivity index (χ4v) is 1.90. The molecular formula is C12H13BrN6O2. The summed E-state index contributed by atoms with van der Waals surface area (Å²) in [5, 5.41) is 16.0. The zero-order valence-corrected chi connectivity index (χ0v) is 13.3. The maximum Gasteiger partial charge on any atom is 0.240 e. The molecule has 0 radical (unpaired) electrons.